The van der Waals surface area contributed by atoms with Gasteiger partial charge in [-0.25, -0.2) is 0 Å². The first-order chi connectivity index (χ1) is 32.7. The number of hydrogen-bond donors (Lipinski definition) is 0. The minimum Gasteiger partial charge on any atom is -0.317 e. The number of allylic oxidation sites excluding steroid dienone is 8. The van der Waals surface area contributed by atoms with Crippen molar-refractivity contribution in [3.63, 3.8) is 0 Å². The van der Waals surface area contributed by atoms with Gasteiger partial charge in [0.15, 0.2) is 0 Å². The Balaban J connectivity index is 0.981. The first kappa shape index (κ1) is 38.1. The van der Waals surface area contributed by atoms with Gasteiger partial charge in [-0.15, -0.1) is 0 Å². The Hall–Kier alpha value is -8.34. The number of hydrogen-bond acceptors (Lipinski definition) is 0. The van der Waals surface area contributed by atoms with Crippen LogP contribution in [0.5, 0.6) is 0 Å². The summed E-state index contributed by atoms with van der Waals surface area (Å²) in [6.45, 7) is 0. The summed E-state index contributed by atoms with van der Waals surface area (Å²) in [6.07, 6.45) is 20.2. The van der Waals surface area contributed by atoms with Crippen molar-refractivity contribution < 1.29 is 0 Å². The summed E-state index contributed by atoms with van der Waals surface area (Å²) < 4.78 is 9.52. The van der Waals surface area contributed by atoms with Gasteiger partial charge in [0.2, 0.25) is 0 Å². The number of rotatable bonds is 8. The van der Waals surface area contributed by atoms with E-state index in [2.05, 4.69) is 249 Å². The summed E-state index contributed by atoms with van der Waals surface area (Å²) in [5.41, 5.74) is 19.7. The third kappa shape index (κ3) is 6.52. The lowest BCUT2D eigenvalue weighted by Crippen LogP contribution is -2.04. The van der Waals surface area contributed by atoms with Crippen molar-refractivity contribution in [2.24, 2.45) is 0 Å². The molecule has 11 aromatic rings. The number of para-hydroxylation sites is 2. The third-order valence-corrected chi connectivity index (χ3v) is 13.9. The molecule has 2 aliphatic rings. The number of fused-ring (bicyclic) bond motifs is 4. The molecule has 66 heavy (non-hydrogen) atoms. The van der Waals surface area contributed by atoms with Gasteiger partial charge in [0.1, 0.15) is 0 Å². The molecular weight excluding hydrogens is 801 g/mol. The SMILES string of the molecule is C1=CCCC(C2=CC=C(c3cc4cc5c(cc(-c6ccc(-c7ccccc7)cc6)n5-c5ccc(-n6ccc7ccccc76)cc5)cc4n3-c3ccc(-n4ccc5ccccc54)cc3)CC2)=C1. The zero-order chi connectivity index (χ0) is 43.6. The molecule has 4 heteroatoms. The fraction of sp³-hybridized carbons (Fsp3) is 0.0645. The van der Waals surface area contributed by atoms with Crippen LogP contribution in [0, 0.1) is 0 Å². The average Bonchev–Trinajstić information content (AvgIpc) is 4.20. The summed E-state index contributed by atoms with van der Waals surface area (Å²) in [4.78, 5) is 0. The van der Waals surface area contributed by atoms with Crippen LogP contribution in [0.15, 0.2) is 242 Å². The topological polar surface area (TPSA) is 19.7 Å². The Bertz CT molecular complexity index is 3760. The van der Waals surface area contributed by atoms with Crippen LogP contribution in [-0.2, 0) is 0 Å². The Morgan fingerprint density at radius 2 is 0.803 bits per heavy atom. The van der Waals surface area contributed by atoms with Gasteiger partial charge in [0.25, 0.3) is 0 Å². The number of benzene rings is 7. The van der Waals surface area contributed by atoms with E-state index in [4.69, 9.17) is 0 Å². The summed E-state index contributed by atoms with van der Waals surface area (Å²) >= 11 is 0. The van der Waals surface area contributed by atoms with E-state index in [9.17, 15) is 0 Å². The normalized spacial score (nSPS) is 14.0. The quantitative estimate of drug-likeness (QED) is 0.145. The summed E-state index contributed by atoms with van der Waals surface area (Å²) in [5, 5.41) is 4.89. The van der Waals surface area contributed by atoms with E-state index in [-0.39, 0.29) is 0 Å². The smallest absolute Gasteiger partial charge is 0.0542 e. The fourth-order valence-electron chi connectivity index (χ4n) is 10.5. The Morgan fingerprint density at radius 1 is 0.318 bits per heavy atom. The number of nitrogens with zero attached hydrogens (tertiary/aromatic N) is 4. The Labute approximate surface area is 384 Å². The van der Waals surface area contributed by atoms with Gasteiger partial charge in [0, 0.05) is 45.9 Å². The molecule has 7 aromatic carbocycles. The second kappa shape index (κ2) is 15.7. The molecule has 314 valence electrons. The molecule has 0 saturated carbocycles. The lowest BCUT2D eigenvalue weighted by Gasteiger charge is -2.20. The summed E-state index contributed by atoms with van der Waals surface area (Å²) in [5.74, 6) is 0. The highest BCUT2D eigenvalue weighted by molar-refractivity contribution is 6.02. The van der Waals surface area contributed by atoms with Crippen LogP contribution >= 0.6 is 0 Å². The first-order valence-electron chi connectivity index (χ1n) is 23.2. The van der Waals surface area contributed by atoms with Crippen LogP contribution in [0.4, 0.5) is 0 Å². The maximum absolute atomic E-state index is 2.50. The lowest BCUT2D eigenvalue weighted by atomic mass is 9.88. The van der Waals surface area contributed by atoms with Crippen LogP contribution in [-0.4, -0.2) is 18.3 Å². The molecule has 0 amide bonds. The molecule has 0 spiro atoms. The van der Waals surface area contributed by atoms with Gasteiger partial charge >= 0.3 is 0 Å². The van der Waals surface area contributed by atoms with E-state index in [1.807, 2.05) is 0 Å². The largest absolute Gasteiger partial charge is 0.317 e. The molecule has 0 radical (unpaired) electrons. The van der Waals surface area contributed by atoms with Crippen molar-refractivity contribution in [3.8, 4) is 45.1 Å². The molecule has 0 atom stereocenters. The second-order valence-corrected chi connectivity index (χ2v) is 17.7. The van der Waals surface area contributed by atoms with E-state index < -0.39 is 0 Å². The average molecular weight is 847 g/mol. The molecule has 2 aliphatic carbocycles. The minimum absolute atomic E-state index is 0.995. The van der Waals surface area contributed by atoms with Gasteiger partial charge in [0.05, 0.1) is 33.5 Å². The summed E-state index contributed by atoms with van der Waals surface area (Å²) in [7, 11) is 0. The van der Waals surface area contributed by atoms with E-state index in [1.165, 1.54) is 82.7 Å². The molecule has 13 rings (SSSR count). The van der Waals surface area contributed by atoms with Gasteiger partial charge in [-0.05, 0) is 167 Å². The maximum atomic E-state index is 2.50. The van der Waals surface area contributed by atoms with Gasteiger partial charge in [-0.2, -0.15) is 0 Å². The number of aromatic nitrogens is 4. The van der Waals surface area contributed by atoms with E-state index >= 15 is 0 Å². The second-order valence-electron chi connectivity index (χ2n) is 17.7. The van der Waals surface area contributed by atoms with E-state index in [1.54, 1.807) is 0 Å². The monoisotopic (exact) mass is 846 g/mol. The van der Waals surface area contributed by atoms with Gasteiger partial charge < -0.3 is 18.3 Å². The van der Waals surface area contributed by atoms with Crippen LogP contribution in [0.3, 0.4) is 0 Å². The molecule has 4 nitrogen and oxygen atoms in total. The molecule has 0 bridgehead atoms. The minimum atomic E-state index is 0.995. The lowest BCUT2D eigenvalue weighted by molar-refractivity contribution is 0.899. The van der Waals surface area contributed by atoms with Crippen molar-refractivity contribution in [1.29, 1.82) is 0 Å². The highest BCUT2D eigenvalue weighted by Gasteiger charge is 2.21. The first-order valence-corrected chi connectivity index (χ1v) is 23.2. The third-order valence-electron chi connectivity index (χ3n) is 13.9. The van der Waals surface area contributed by atoms with Crippen molar-refractivity contribution in [1.82, 2.24) is 18.3 Å². The molecule has 0 saturated heterocycles. The standard InChI is InChI=1S/C62H46N4/c1-3-11-43(12-4-1)45-19-23-49(24-20-45)59-39-51-41-62-52(42-61(51)65(59)55-31-27-53(28-32-55)63-37-35-47-15-7-9-17-57(47)63)40-60(50-25-21-46(22-26-50)44-13-5-2-6-14-44)66(62)56-33-29-54(30-34-56)64-38-36-48-16-8-10-18-58(48)64/h1-5,7-13,15-21,23-25,27-42H,6,14,22,26H2. The molecule has 4 aromatic heterocycles. The van der Waals surface area contributed by atoms with Crippen LogP contribution in [0.2, 0.25) is 0 Å². The van der Waals surface area contributed by atoms with Gasteiger partial charge in [-0.3, -0.25) is 0 Å². The molecule has 4 heterocycles. The Kier molecular flexibility index (Phi) is 9.09. The van der Waals surface area contributed by atoms with E-state index in [0.29, 0.717) is 0 Å². The van der Waals surface area contributed by atoms with Crippen molar-refractivity contribution >= 4 is 49.2 Å². The fourth-order valence-corrected chi connectivity index (χ4v) is 10.5. The van der Waals surface area contributed by atoms with Crippen molar-refractivity contribution in [2.45, 2.75) is 25.7 Å². The maximum Gasteiger partial charge on any atom is 0.0542 e. The van der Waals surface area contributed by atoms with Gasteiger partial charge in [-0.1, -0.05) is 121 Å². The van der Waals surface area contributed by atoms with Crippen LogP contribution in [0.1, 0.15) is 31.4 Å². The highest BCUT2D eigenvalue weighted by atomic mass is 15.0. The van der Waals surface area contributed by atoms with Crippen LogP contribution < -0.4 is 0 Å². The zero-order valence-electron chi connectivity index (χ0n) is 36.6. The molecule has 0 fully saturated rings. The van der Waals surface area contributed by atoms with Crippen molar-refractivity contribution in [2.75, 3.05) is 0 Å². The molecule has 0 aliphatic heterocycles. The molecular formula is C62H46N4. The molecule has 0 unspecified atom stereocenters. The zero-order valence-corrected chi connectivity index (χ0v) is 36.6. The predicted octanol–water partition coefficient (Wildman–Crippen LogP) is 16.2. The summed E-state index contributed by atoms with van der Waals surface area (Å²) in [6, 6.07) is 69.1. The highest BCUT2D eigenvalue weighted by Crippen LogP contribution is 2.41. The molecule has 0 N–H and O–H groups in total. The Morgan fingerprint density at radius 3 is 1.38 bits per heavy atom. The van der Waals surface area contributed by atoms with E-state index in [0.717, 1.165) is 54.1 Å². The van der Waals surface area contributed by atoms with Crippen LogP contribution in [0.25, 0.3) is 94.3 Å². The van der Waals surface area contributed by atoms with Crippen molar-refractivity contribution in [3.05, 3.63) is 248 Å². The predicted molar refractivity (Wildman–Crippen MR) is 276 cm³/mol.